The Hall–Kier alpha value is -3.96. The minimum absolute atomic E-state index is 0.111. The number of thiophene rings is 1. The van der Waals surface area contributed by atoms with Gasteiger partial charge in [-0.25, -0.2) is 14.8 Å². The summed E-state index contributed by atoms with van der Waals surface area (Å²) in [5, 5.41) is 9.04. The number of primary amides is 1. The molecule has 2 aliphatic rings. The molecule has 0 bridgehead atoms. The zero-order chi connectivity index (χ0) is 27.0. The number of piperazine rings is 1. The molecule has 0 radical (unpaired) electrons. The maximum Gasteiger partial charge on any atom is 0.334 e. The SMILES string of the molecule is C[C@H]1[C@H]2N(C(=O)CN(C)N2C(=O)NCc2ccccc2)[C@@H](CC(N)=O)C(=O)N1Cc1csc2ccccc12. The van der Waals surface area contributed by atoms with E-state index in [0.29, 0.717) is 6.54 Å². The number of hydrogen-bond donors (Lipinski definition) is 2. The van der Waals surface area contributed by atoms with Crippen LogP contribution >= 0.6 is 11.3 Å². The van der Waals surface area contributed by atoms with Crippen molar-refractivity contribution in [1.82, 2.24) is 25.1 Å². The first-order chi connectivity index (χ1) is 18.3. The van der Waals surface area contributed by atoms with Crippen molar-refractivity contribution < 1.29 is 19.2 Å². The molecular weight excluding hydrogens is 504 g/mol. The topological polar surface area (TPSA) is 119 Å². The summed E-state index contributed by atoms with van der Waals surface area (Å²) in [6.07, 6.45) is -1.14. The highest BCUT2D eigenvalue weighted by atomic mass is 32.1. The molecule has 0 spiro atoms. The summed E-state index contributed by atoms with van der Waals surface area (Å²) < 4.78 is 1.10. The number of amides is 5. The fourth-order valence-corrected chi connectivity index (χ4v) is 6.31. The van der Waals surface area contributed by atoms with Crippen molar-refractivity contribution in [2.45, 2.75) is 44.7 Å². The lowest BCUT2D eigenvalue weighted by atomic mass is 9.97. The molecule has 0 unspecified atom stereocenters. The highest BCUT2D eigenvalue weighted by molar-refractivity contribution is 7.17. The summed E-state index contributed by atoms with van der Waals surface area (Å²) in [6, 6.07) is 15.4. The number of fused-ring (bicyclic) bond motifs is 2. The van der Waals surface area contributed by atoms with Crippen LogP contribution in [0.15, 0.2) is 60.0 Å². The zero-order valence-corrected chi connectivity index (χ0v) is 22.1. The number of rotatable bonds is 6. The van der Waals surface area contributed by atoms with Crippen molar-refractivity contribution in [3.05, 3.63) is 71.1 Å². The van der Waals surface area contributed by atoms with Crippen molar-refractivity contribution >= 4 is 45.2 Å². The van der Waals surface area contributed by atoms with Crippen LogP contribution in [0.3, 0.4) is 0 Å². The molecule has 2 fully saturated rings. The van der Waals surface area contributed by atoms with Crippen LogP contribution in [-0.2, 0) is 27.5 Å². The van der Waals surface area contributed by atoms with Gasteiger partial charge in [-0.15, -0.1) is 11.3 Å². The van der Waals surface area contributed by atoms with Crippen molar-refractivity contribution in [3.63, 3.8) is 0 Å². The molecule has 3 aromatic rings. The molecule has 38 heavy (non-hydrogen) atoms. The fourth-order valence-electron chi connectivity index (χ4n) is 5.35. The number of urea groups is 1. The van der Waals surface area contributed by atoms with E-state index in [-0.39, 0.29) is 31.3 Å². The standard InChI is InChI=1S/C27H30N6O4S/c1-17-25-32(24(35)15-30(2)33(25)27(37)29-13-18-8-4-3-5-9-18)21(12-23(28)34)26(36)31(17)14-19-16-38-22-11-7-6-10-20(19)22/h3-11,16-17,21,25H,12-15H2,1-2H3,(H2,28,34)(H,29,37)/t17-,21-,25-/m0/s1. The van der Waals surface area contributed by atoms with E-state index in [1.165, 1.54) is 9.91 Å². The van der Waals surface area contributed by atoms with E-state index in [2.05, 4.69) is 5.32 Å². The van der Waals surface area contributed by atoms with Gasteiger partial charge < -0.3 is 20.9 Å². The Labute approximate surface area is 224 Å². The van der Waals surface area contributed by atoms with Crippen molar-refractivity contribution in [1.29, 1.82) is 0 Å². The van der Waals surface area contributed by atoms with Crippen LogP contribution in [0, 0.1) is 0 Å². The predicted molar refractivity (Wildman–Crippen MR) is 143 cm³/mol. The molecular formula is C27H30N6O4S. The Balaban J connectivity index is 1.49. The average Bonchev–Trinajstić information content (AvgIpc) is 3.31. The molecule has 0 aliphatic carbocycles. The van der Waals surface area contributed by atoms with Gasteiger partial charge in [-0.3, -0.25) is 14.4 Å². The summed E-state index contributed by atoms with van der Waals surface area (Å²) in [4.78, 5) is 55.7. The van der Waals surface area contributed by atoms with Crippen LogP contribution in [0.1, 0.15) is 24.5 Å². The molecule has 2 aliphatic heterocycles. The van der Waals surface area contributed by atoms with Gasteiger partial charge in [0.1, 0.15) is 12.2 Å². The lowest BCUT2D eigenvalue weighted by molar-refractivity contribution is -0.196. The van der Waals surface area contributed by atoms with Gasteiger partial charge >= 0.3 is 6.03 Å². The second-order valence-electron chi connectivity index (χ2n) is 9.67. The van der Waals surface area contributed by atoms with E-state index in [0.717, 1.165) is 21.2 Å². The Morgan fingerprint density at radius 1 is 1.08 bits per heavy atom. The van der Waals surface area contributed by atoms with Crippen LogP contribution in [0.5, 0.6) is 0 Å². The number of carbonyl (C=O) groups is 4. The molecule has 3 heterocycles. The molecule has 2 saturated heterocycles. The summed E-state index contributed by atoms with van der Waals surface area (Å²) in [5.41, 5.74) is 7.42. The first-order valence-corrected chi connectivity index (χ1v) is 13.3. The number of benzene rings is 2. The minimum atomic E-state index is -1.09. The number of carbonyl (C=O) groups excluding carboxylic acids is 4. The van der Waals surface area contributed by atoms with Gasteiger partial charge in [0.05, 0.1) is 19.0 Å². The third kappa shape index (κ3) is 4.70. The fraction of sp³-hybridized carbons (Fsp3) is 0.333. The van der Waals surface area contributed by atoms with Gasteiger partial charge in [0.15, 0.2) is 0 Å². The van der Waals surface area contributed by atoms with Gasteiger partial charge in [0.25, 0.3) is 0 Å². The summed E-state index contributed by atoms with van der Waals surface area (Å²) in [6.45, 7) is 2.29. The molecule has 3 atom stereocenters. The predicted octanol–water partition coefficient (Wildman–Crippen LogP) is 2.10. The summed E-state index contributed by atoms with van der Waals surface area (Å²) in [7, 11) is 1.67. The maximum atomic E-state index is 13.8. The van der Waals surface area contributed by atoms with E-state index in [1.807, 2.05) is 66.9 Å². The summed E-state index contributed by atoms with van der Waals surface area (Å²) >= 11 is 1.59. The van der Waals surface area contributed by atoms with Gasteiger partial charge in [-0.2, -0.15) is 0 Å². The monoisotopic (exact) mass is 534 g/mol. The molecule has 10 nitrogen and oxygen atoms in total. The normalized spacial score (nSPS) is 22.1. The number of nitrogens with one attached hydrogen (secondary N) is 1. The van der Waals surface area contributed by atoms with Crippen LogP contribution in [0.25, 0.3) is 10.1 Å². The number of nitrogens with zero attached hydrogens (tertiary/aromatic N) is 4. The average molecular weight is 535 g/mol. The molecule has 11 heteroatoms. The van der Waals surface area contributed by atoms with Crippen LogP contribution in [0.2, 0.25) is 0 Å². The van der Waals surface area contributed by atoms with Crippen molar-refractivity contribution in [3.8, 4) is 0 Å². The van der Waals surface area contributed by atoms with E-state index >= 15 is 0 Å². The summed E-state index contributed by atoms with van der Waals surface area (Å²) in [5.74, 6) is -1.38. The third-order valence-corrected chi connectivity index (χ3v) is 8.19. The van der Waals surface area contributed by atoms with E-state index < -0.39 is 30.2 Å². The van der Waals surface area contributed by atoms with E-state index in [4.69, 9.17) is 5.73 Å². The second kappa shape index (κ2) is 10.4. The number of hydrazine groups is 1. The molecule has 5 amide bonds. The van der Waals surface area contributed by atoms with Crippen LogP contribution < -0.4 is 11.1 Å². The molecule has 2 aromatic carbocycles. The quantitative estimate of drug-likeness (QED) is 0.502. The van der Waals surface area contributed by atoms with Gasteiger partial charge in [0.2, 0.25) is 17.7 Å². The first-order valence-electron chi connectivity index (χ1n) is 12.4. The van der Waals surface area contributed by atoms with Crippen molar-refractivity contribution in [2.75, 3.05) is 13.6 Å². The first kappa shape index (κ1) is 25.7. The zero-order valence-electron chi connectivity index (χ0n) is 21.2. The maximum absolute atomic E-state index is 13.8. The van der Waals surface area contributed by atoms with E-state index in [9.17, 15) is 19.2 Å². The van der Waals surface area contributed by atoms with Gasteiger partial charge in [0, 0.05) is 24.8 Å². The van der Waals surface area contributed by atoms with Crippen molar-refractivity contribution in [2.24, 2.45) is 5.73 Å². The molecule has 3 N–H and O–H groups in total. The molecule has 5 rings (SSSR count). The number of hydrogen-bond acceptors (Lipinski definition) is 6. The smallest absolute Gasteiger partial charge is 0.334 e. The van der Waals surface area contributed by atoms with Crippen LogP contribution in [-0.4, -0.2) is 75.4 Å². The lowest BCUT2D eigenvalue weighted by Gasteiger charge is -2.57. The highest BCUT2D eigenvalue weighted by Gasteiger charge is 2.54. The Morgan fingerprint density at radius 2 is 1.79 bits per heavy atom. The molecule has 0 saturated carbocycles. The van der Waals surface area contributed by atoms with Crippen LogP contribution in [0.4, 0.5) is 4.79 Å². The number of likely N-dealkylation sites (N-methyl/N-ethyl adjacent to an activating group) is 1. The third-order valence-electron chi connectivity index (χ3n) is 7.17. The molecule has 198 valence electrons. The highest BCUT2D eigenvalue weighted by Crippen LogP contribution is 2.34. The lowest BCUT2D eigenvalue weighted by Crippen LogP contribution is -2.78. The van der Waals surface area contributed by atoms with Gasteiger partial charge in [-0.05, 0) is 34.9 Å². The molecule has 1 aromatic heterocycles. The van der Waals surface area contributed by atoms with Gasteiger partial charge in [-0.1, -0.05) is 48.5 Å². The Kier molecular flexibility index (Phi) is 7.04. The number of nitrogens with two attached hydrogens (primary N) is 1. The minimum Gasteiger partial charge on any atom is -0.370 e. The Bertz CT molecular complexity index is 1380. The second-order valence-corrected chi connectivity index (χ2v) is 10.6. The van der Waals surface area contributed by atoms with E-state index in [1.54, 1.807) is 28.3 Å². The largest absolute Gasteiger partial charge is 0.370 e. The Morgan fingerprint density at radius 3 is 2.53 bits per heavy atom.